The van der Waals surface area contributed by atoms with Crippen molar-refractivity contribution in [1.29, 1.82) is 0 Å². The summed E-state index contributed by atoms with van der Waals surface area (Å²) in [6, 6.07) is 4.32. The lowest BCUT2D eigenvalue weighted by atomic mass is 10.3. The number of hydrogen-bond acceptors (Lipinski definition) is 2. The molecule has 0 saturated heterocycles. The summed E-state index contributed by atoms with van der Waals surface area (Å²) in [7, 11) is -1.84. The number of sulfone groups is 1. The van der Waals surface area contributed by atoms with Gasteiger partial charge in [-0.3, -0.25) is 0 Å². The summed E-state index contributed by atoms with van der Waals surface area (Å²) in [6.45, 7) is 0. The molecule has 1 rings (SSSR count). The van der Waals surface area contributed by atoms with Crippen molar-refractivity contribution < 1.29 is 26.9 Å². The molecule has 0 spiro atoms. The molecule has 0 amide bonds. The topological polar surface area (TPSA) is 50.8 Å². The third kappa shape index (κ3) is 2.29. The van der Waals surface area contributed by atoms with Crippen LogP contribution in [0.5, 0.6) is 0 Å². The third-order valence-electron chi connectivity index (χ3n) is 1.73. The molecule has 0 aromatic heterocycles. The van der Waals surface area contributed by atoms with Crippen molar-refractivity contribution >= 4 is 15.5 Å². The summed E-state index contributed by atoms with van der Waals surface area (Å²) in [5.74, 6) is 0. The predicted octanol–water partition coefficient (Wildman–Crippen LogP) is 0.967. The molecule has 0 heterocycles. The fourth-order valence-corrected chi connectivity index (χ4v) is 1.68. The second kappa shape index (κ2) is 3.82. The number of benzene rings is 1. The lowest BCUT2D eigenvalue weighted by Gasteiger charge is -2.08. The second-order valence-corrected chi connectivity index (χ2v) is 4.66. The van der Waals surface area contributed by atoms with Crippen LogP contribution in [-0.4, -0.2) is 13.9 Å². The number of alkyl halides is 3. The van der Waals surface area contributed by atoms with Crippen LogP contribution in [0.4, 0.5) is 18.9 Å². The Balaban J connectivity index is 3.18. The largest absolute Gasteiger partial charge is 0.501 e. The van der Waals surface area contributed by atoms with E-state index in [2.05, 4.69) is 7.05 Å². The molecule has 0 aliphatic carbocycles. The highest BCUT2D eigenvalue weighted by atomic mass is 32.2. The van der Waals surface area contributed by atoms with Crippen LogP contribution in [0.25, 0.3) is 0 Å². The SMILES string of the molecule is [CH2-][NH2+]c1ccc(S(=O)(=O)C(F)(F)F)cc1. The van der Waals surface area contributed by atoms with Crippen LogP contribution in [0, 0.1) is 7.05 Å². The molecule has 3 nitrogen and oxygen atoms in total. The van der Waals surface area contributed by atoms with E-state index in [4.69, 9.17) is 0 Å². The zero-order valence-electron chi connectivity index (χ0n) is 7.45. The average Bonchev–Trinajstić information content (AvgIpc) is 2.16. The van der Waals surface area contributed by atoms with E-state index in [0.29, 0.717) is 5.69 Å². The molecule has 0 unspecified atom stereocenters. The van der Waals surface area contributed by atoms with Gasteiger partial charge in [0.25, 0.3) is 9.84 Å². The smallest absolute Gasteiger partial charge is 0.446 e. The van der Waals surface area contributed by atoms with Crippen molar-refractivity contribution in [3.05, 3.63) is 31.3 Å². The van der Waals surface area contributed by atoms with Crippen molar-refractivity contribution in [2.24, 2.45) is 0 Å². The van der Waals surface area contributed by atoms with E-state index >= 15 is 0 Å². The monoisotopic (exact) mass is 239 g/mol. The first-order valence-electron chi connectivity index (χ1n) is 3.83. The van der Waals surface area contributed by atoms with Gasteiger partial charge in [-0.2, -0.15) is 13.2 Å². The van der Waals surface area contributed by atoms with Gasteiger partial charge < -0.3 is 5.32 Å². The molecular weight excluding hydrogens is 231 g/mol. The van der Waals surface area contributed by atoms with Crippen LogP contribution in [0.15, 0.2) is 29.2 Å². The molecule has 1 aromatic carbocycles. The number of halogens is 3. The minimum Gasteiger partial charge on any atom is -0.446 e. The second-order valence-electron chi connectivity index (χ2n) is 2.72. The maximum absolute atomic E-state index is 12.1. The first-order valence-corrected chi connectivity index (χ1v) is 5.31. The van der Waals surface area contributed by atoms with Crippen LogP contribution in [-0.2, 0) is 9.84 Å². The third-order valence-corrected chi connectivity index (χ3v) is 3.23. The van der Waals surface area contributed by atoms with Crippen molar-refractivity contribution in [2.75, 3.05) is 0 Å². The van der Waals surface area contributed by atoms with Gasteiger partial charge in [-0.05, 0) is 24.3 Å². The minimum atomic E-state index is -5.26. The van der Waals surface area contributed by atoms with Crippen LogP contribution < -0.4 is 5.32 Å². The molecule has 0 saturated carbocycles. The molecule has 0 atom stereocenters. The molecule has 1 aromatic rings. The maximum Gasteiger partial charge on any atom is 0.501 e. The van der Waals surface area contributed by atoms with Crippen molar-refractivity contribution in [3.63, 3.8) is 0 Å². The van der Waals surface area contributed by atoms with Gasteiger partial charge >= 0.3 is 5.51 Å². The van der Waals surface area contributed by atoms with Crippen molar-refractivity contribution in [3.8, 4) is 0 Å². The molecule has 0 bridgehead atoms. The maximum atomic E-state index is 12.1. The normalized spacial score (nSPS) is 12.8. The summed E-state index contributed by atoms with van der Waals surface area (Å²) in [5.41, 5.74) is -4.71. The van der Waals surface area contributed by atoms with E-state index in [9.17, 15) is 21.6 Å². The Morgan fingerprint density at radius 2 is 1.60 bits per heavy atom. The summed E-state index contributed by atoms with van der Waals surface area (Å²) in [4.78, 5) is -0.763. The first kappa shape index (κ1) is 12.0. The number of nitrogens with two attached hydrogens (primary N) is 1. The molecule has 0 radical (unpaired) electrons. The Labute approximate surface area is 84.8 Å². The van der Waals surface area contributed by atoms with Gasteiger partial charge in [0.1, 0.15) is 5.69 Å². The van der Waals surface area contributed by atoms with Gasteiger partial charge in [-0.15, -0.1) is 7.05 Å². The van der Waals surface area contributed by atoms with Gasteiger partial charge in [0, 0.05) is 0 Å². The van der Waals surface area contributed by atoms with Crippen molar-refractivity contribution in [1.82, 2.24) is 0 Å². The average molecular weight is 239 g/mol. The fourth-order valence-electron chi connectivity index (χ4n) is 0.917. The van der Waals surface area contributed by atoms with Crippen LogP contribution in [0.2, 0.25) is 0 Å². The predicted molar refractivity (Wildman–Crippen MR) is 46.6 cm³/mol. The highest BCUT2D eigenvalue weighted by molar-refractivity contribution is 7.92. The van der Waals surface area contributed by atoms with Crippen LogP contribution >= 0.6 is 0 Å². The van der Waals surface area contributed by atoms with Crippen molar-refractivity contribution in [2.45, 2.75) is 10.4 Å². The number of quaternary nitrogens is 1. The van der Waals surface area contributed by atoms with E-state index < -0.39 is 20.2 Å². The van der Waals surface area contributed by atoms with E-state index in [-0.39, 0.29) is 0 Å². The van der Waals surface area contributed by atoms with E-state index in [0.717, 1.165) is 12.1 Å². The Morgan fingerprint density at radius 3 is 1.93 bits per heavy atom. The standard InChI is InChI=1S/C8H8F3NO2S/c1-12-6-2-4-7(5-3-6)15(13,14)8(9,10)11/h2-5H,1,12H2. The fraction of sp³-hybridized carbons (Fsp3) is 0.125. The molecule has 15 heavy (non-hydrogen) atoms. The zero-order valence-corrected chi connectivity index (χ0v) is 8.27. The molecule has 7 heteroatoms. The van der Waals surface area contributed by atoms with Gasteiger partial charge in [0.05, 0.1) is 4.90 Å². The van der Waals surface area contributed by atoms with Gasteiger partial charge in [-0.1, -0.05) is 0 Å². The van der Waals surface area contributed by atoms with Crippen LogP contribution in [0.3, 0.4) is 0 Å². The highest BCUT2D eigenvalue weighted by Gasteiger charge is 2.46. The minimum absolute atomic E-state index is 0.552. The summed E-state index contributed by atoms with van der Waals surface area (Å²) >= 11 is 0. The highest BCUT2D eigenvalue weighted by Crippen LogP contribution is 2.30. The zero-order chi connectivity index (χ0) is 11.7. The number of hydrogen-bond donors (Lipinski definition) is 1. The van der Waals surface area contributed by atoms with Gasteiger partial charge in [0.15, 0.2) is 0 Å². The molecule has 84 valence electrons. The molecule has 2 N–H and O–H groups in total. The van der Waals surface area contributed by atoms with Crippen LogP contribution in [0.1, 0.15) is 0 Å². The van der Waals surface area contributed by atoms with E-state index in [1.54, 1.807) is 0 Å². The summed E-state index contributed by atoms with van der Waals surface area (Å²) < 4.78 is 58.1. The molecule has 0 aliphatic rings. The molecule has 0 fully saturated rings. The Kier molecular flexibility index (Phi) is 3.05. The Morgan fingerprint density at radius 1 is 1.13 bits per heavy atom. The lowest BCUT2D eigenvalue weighted by molar-refractivity contribution is -0.504. The van der Waals surface area contributed by atoms with Gasteiger partial charge in [-0.25, -0.2) is 8.42 Å². The molecule has 0 aliphatic heterocycles. The first-order chi connectivity index (χ1) is 6.79. The summed E-state index contributed by atoms with van der Waals surface area (Å²) in [5, 5.41) is 1.41. The summed E-state index contributed by atoms with van der Waals surface area (Å²) in [6.07, 6.45) is 0. The quantitative estimate of drug-likeness (QED) is 0.617. The van der Waals surface area contributed by atoms with Gasteiger partial charge in [0.2, 0.25) is 0 Å². The molecular formula is C8H8F3NO2S. The van der Waals surface area contributed by atoms with E-state index in [1.807, 2.05) is 0 Å². The Hall–Kier alpha value is -1.08. The Bertz CT molecular complexity index is 436. The van der Waals surface area contributed by atoms with E-state index in [1.165, 1.54) is 17.4 Å². The lowest BCUT2D eigenvalue weighted by Crippen LogP contribution is -2.69. The number of rotatable bonds is 2.